The van der Waals surface area contributed by atoms with Crippen LogP contribution in [-0.4, -0.2) is 64.3 Å². The molecule has 13 heteroatoms. The number of hydrogen-bond acceptors (Lipinski definition) is 8. The second kappa shape index (κ2) is 13.2. The number of H-pyrrole nitrogens is 1. The van der Waals surface area contributed by atoms with Crippen LogP contribution in [0.25, 0.3) is 11.1 Å². The van der Waals surface area contributed by atoms with E-state index < -0.39 is 26.1 Å². The van der Waals surface area contributed by atoms with Gasteiger partial charge in [0, 0.05) is 18.3 Å². The molecule has 1 saturated heterocycles. The van der Waals surface area contributed by atoms with E-state index in [2.05, 4.69) is 50.7 Å². The maximum absolute atomic E-state index is 15.4. The summed E-state index contributed by atoms with van der Waals surface area (Å²) in [6.07, 6.45) is 3.45. The Morgan fingerprint density at radius 1 is 1.09 bits per heavy atom. The van der Waals surface area contributed by atoms with Gasteiger partial charge in [0.15, 0.2) is 0 Å². The molecule has 1 aliphatic rings. The molecule has 2 N–H and O–H groups in total. The van der Waals surface area contributed by atoms with Crippen molar-refractivity contribution in [1.29, 1.82) is 0 Å². The minimum Gasteiger partial charge on any atom is -0.497 e. The Kier molecular flexibility index (Phi) is 8.95. The number of anilines is 1. The molecule has 0 spiro atoms. The third-order valence-electron chi connectivity index (χ3n) is 8.04. The molecule has 46 heavy (non-hydrogen) atoms. The fraction of sp³-hybridized carbons (Fsp3) is 0.303. The molecular weight excluding hydrogens is 604 g/mol. The summed E-state index contributed by atoms with van der Waals surface area (Å²) in [6, 6.07) is 20.5. The molecule has 0 saturated carbocycles. The fourth-order valence-electron chi connectivity index (χ4n) is 5.37. The highest BCUT2D eigenvalue weighted by Gasteiger charge is 2.33. The highest BCUT2D eigenvalue weighted by molar-refractivity contribution is 6.88. The lowest BCUT2D eigenvalue weighted by Gasteiger charge is -2.17. The second-order valence-corrected chi connectivity index (χ2v) is 17.4. The second-order valence-electron chi connectivity index (χ2n) is 12.4. The Labute approximate surface area is 267 Å². The number of aromatic amines is 1. The number of nitrogens with one attached hydrogen (secondary N) is 2. The van der Waals surface area contributed by atoms with Gasteiger partial charge in [-0.25, -0.2) is 13.9 Å². The number of methoxy groups -OCH3 is 1. The molecule has 2 atom stereocenters. The first-order valence-corrected chi connectivity index (χ1v) is 18.7. The summed E-state index contributed by atoms with van der Waals surface area (Å²) in [7, 11) is 0.0564. The van der Waals surface area contributed by atoms with E-state index in [1.807, 2.05) is 54.7 Å². The lowest BCUT2D eigenvalue weighted by Crippen LogP contribution is -2.38. The number of cyclic esters (lactones) is 1. The number of halogens is 1. The first kappa shape index (κ1) is 31.1. The molecule has 3 heterocycles. The van der Waals surface area contributed by atoms with Gasteiger partial charge in [0.1, 0.15) is 25.7 Å². The van der Waals surface area contributed by atoms with Crippen molar-refractivity contribution in [2.45, 2.75) is 51.3 Å². The highest BCUT2D eigenvalue weighted by atomic mass is 28.3. The summed E-state index contributed by atoms with van der Waals surface area (Å²) in [6.45, 7) is 7.88. The van der Waals surface area contributed by atoms with E-state index in [1.54, 1.807) is 30.1 Å². The van der Waals surface area contributed by atoms with E-state index in [1.165, 1.54) is 11.0 Å². The molecule has 5 aromatic rings. The summed E-state index contributed by atoms with van der Waals surface area (Å²) >= 11 is 0. The Bertz CT molecular complexity index is 1770. The lowest BCUT2D eigenvalue weighted by atomic mass is 10.0. The van der Waals surface area contributed by atoms with E-state index in [0.29, 0.717) is 30.9 Å². The summed E-state index contributed by atoms with van der Waals surface area (Å²) in [5.74, 6) is 0.393. The molecule has 2 aromatic heterocycles. The highest BCUT2D eigenvalue weighted by Crippen LogP contribution is 2.30. The van der Waals surface area contributed by atoms with Crippen LogP contribution in [0.3, 0.4) is 0 Å². The van der Waals surface area contributed by atoms with Crippen molar-refractivity contribution < 1.29 is 18.7 Å². The number of carbonyl (C=O) groups excluding carboxylic acids is 1. The molecule has 2 unspecified atom stereocenters. The van der Waals surface area contributed by atoms with E-state index >= 15 is 4.39 Å². The Balaban J connectivity index is 1.08. The number of benzene rings is 3. The first-order chi connectivity index (χ1) is 22.2. The Morgan fingerprint density at radius 2 is 1.85 bits per heavy atom. The molecule has 238 valence electrons. The summed E-state index contributed by atoms with van der Waals surface area (Å²) < 4.78 is 28.0. The van der Waals surface area contributed by atoms with Crippen molar-refractivity contribution >= 4 is 25.2 Å². The average molecular weight is 641 g/mol. The largest absolute Gasteiger partial charge is 0.497 e. The molecule has 11 nitrogen and oxygen atoms in total. The van der Waals surface area contributed by atoms with Crippen LogP contribution in [0.1, 0.15) is 22.9 Å². The number of hydrogen-bond donors (Lipinski definition) is 2. The van der Waals surface area contributed by atoms with Gasteiger partial charge < -0.3 is 14.8 Å². The summed E-state index contributed by atoms with van der Waals surface area (Å²) in [5, 5.41) is 24.0. The fourth-order valence-corrected chi connectivity index (χ4v) is 6.25. The molecule has 1 aliphatic heterocycles. The van der Waals surface area contributed by atoms with Crippen molar-refractivity contribution in [3.63, 3.8) is 0 Å². The van der Waals surface area contributed by atoms with Crippen LogP contribution in [0.15, 0.2) is 79.1 Å². The maximum Gasteiger partial charge on any atom is 0.414 e. The van der Waals surface area contributed by atoms with Crippen LogP contribution in [0.2, 0.25) is 19.6 Å². The van der Waals surface area contributed by atoms with Crippen LogP contribution in [0.4, 0.5) is 14.9 Å². The number of amides is 1. The minimum absolute atomic E-state index is 0.0625. The number of carbonyl (C=O) groups is 1. The monoisotopic (exact) mass is 640 g/mol. The predicted octanol–water partition coefficient (Wildman–Crippen LogP) is 4.86. The summed E-state index contributed by atoms with van der Waals surface area (Å²) in [4.78, 5) is 14.1. The molecule has 1 fully saturated rings. The van der Waals surface area contributed by atoms with Crippen molar-refractivity contribution in [1.82, 2.24) is 35.7 Å². The van der Waals surface area contributed by atoms with Gasteiger partial charge in [0.2, 0.25) is 0 Å². The van der Waals surface area contributed by atoms with Crippen molar-refractivity contribution in [3.8, 4) is 16.9 Å². The van der Waals surface area contributed by atoms with Gasteiger partial charge in [-0.15, -0.1) is 5.10 Å². The van der Waals surface area contributed by atoms with Crippen LogP contribution >= 0.6 is 0 Å². The third kappa shape index (κ3) is 7.16. The van der Waals surface area contributed by atoms with Crippen molar-refractivity contribution in [3.05, 3.63) is 102 Å². The summed E-state index contributed by atoms with van der Waals surface area (Å²) in [5.41, 5.74) is 4.64. The first-order valence-electron chi connectivity index (χ1n) is 15.2. The third-order valence-corrected chi connectivity index (χ3v) is 9.81. The Hall–Kier alpha value is -4.88. The van der Waals surface area contributed by atoms with Crippen molar-refractivity contribution in [2.75, 3.05) is 18.6 Å². The average Bonchev–Trinajstić information content (AvgIpc) is 3.82. The molecule has 6 rings (SSSR count). The Morgan fingerprint density at radius 3 is 2.50 bits per heavy atom. The topological polar surface area (TPSA) is 123 Å². The van der Waals surface area contributed by atoms with Gasteiger partial charge >= 0.3 is 6.09 Å². The zero-order valence-corrected chi connectivity index (χ0v) is 27.3. The van der Waals surface area contributed by atoms with Gasteiger partial charge in [-0.2, -0.15) is 15.4 Å². The van der Waals surface area contributed by atoms with Crippen LogP contribution in [-0.2, 0) is 24.2 Å². The van der Waals surface area contributed by atoms with Gasteiger partial charge in [-0.05, 0) is 53.4 Å². The molecule has 0 bridgehead atoms. The van der Waals surface area contributed by atoms with E-state index in [9.17, 15) is 4.79 Å². The molecule has 3 aromatic carbocycles. The van der Waals surface area contributed by atoms with Crippen molar-refractivity contribution in [2.24, 2.45) is 0 Å². The van der Waals surface area contributed by atoms with Gasteiger partial charge in [0.05, 0.1) is 49.1 Å². The van der Waals surface area contributed by atoms with E-state index in [-0.39, 0.29) is 6.04 Å². The van der Waals surface area contributed by atoms with Gasteiger partial charge in [0.25, 0.3) is 0 Å². The normalized spacial score (nSPS) is 15.6. The number of ether oxygens (including phenoxy) is 2. The van der Waals surface area contributed by atoms with Crippen LogP contribution < -0.4 is 20.3 Å². The number of nitrogens with zero attached hydrogens (tertiary/aromatic N) is 6. The van der Waals surface area contributed by atoms with E-state index in [4.69, 9.17) is 9.47 Å². The zero-order chi connectivity index (χ0) is 32.3. The molecule has 1 amide bonds. The molecule has 0 aliphatic carbocycles. The predicted molar refractivity (Wildman–Crippen MR) is 175 cm³/mol. The number of aromatic nitrogens is 6. The van der Waals surface area contributed by atoms with Crippen LogP contribution in [0, 0.1) is 5.82 Å². The van der Waals surface area contributed by atoms with Gasteiger partial charge in [-0.1, -0.05) is 61.3 Å². The molecule has 0 radical (unpaired) electrons. The molecular formula is C33H37FN8O3Si. The van der Waals surface area contributed by atoms with Crippen LogP contribution in [0.5, 0.6) is 5.75 Å². The SMILES string of the molecule is COc1ccc(CC(NCc2ccc(-c3ccc(N4CC(Cn5cc([Si](C)(C)C)nn5)OC4=O)cc3F)cc2)c2cn[nH]n2)cc1. The van der Waals surface area contributed by atoms with E-state index in [0.717, 1.165) is 39.9 Å². The standard InChI is InChI=1S/C33H37FN8O3Si/c1-44-26-12-7-22(8-13-26)15-30(31-18-36-39-37-31)35-17-23-5-9-24(10-6-23)28-14-11-25(16-29(28)34)42-20-27(45-33(42)43)19-41-21-32(38-40-41)46(2,3)4/h5-14,16,18,21,27,30,35H,15,17,19-20H2,1-4H3,(H,36,37,39). The number of rotatable bonds is 12. The minimum atomic E-state index is -1.59. The smallest absolute Gasteiger partial charge is 0.414 e. The lowest BCUT2D eigenvalue weighted by molar-refractivity contribution is 0.129. The van der Waals surface area contributed by atoms with Gasteiger partial charge in [-0.3, -0.25) is 4.90 Å². The quantitative estimate of drug-likeness (QED) is 0.186. The maximum atomic E-state index is 15.4. The zero-order valence-electron chi connectivity index (χ0n) is 26.3.